The Kier molecular flexibility index (Phi) is 3.63. The Bertz CT molecular complexity index is 581. The van der Waals surface area contributed by atoms with Crippen LogP contribution in [0.1, 0.15) is 17.9 Å². The standard InChI is InChI=1S/C15H14N2O3/c1-19-11-5-3-10(4-6-11)12-7-13(14(18)20-2)15(12,8-16)9-17/h3-6,12-13H,7H2,1-2H3. The van der Waals surface area contributed by atoms with E-state index in [4.69, 9.17) is 4.74 Å². The Morgan fingerprint density at radius 2 is 1.85 bits per heavy atom. The SMILES string of the molecule is COC(=O)C1CC(c2ccc(OC)cc2)C1(C#N)C#N. The van der Waals surface area contributed by atoms with E-state index in [1.807, 2.05) is 24.3 Å². The Hall–Kier alpha value is -2.53. The highest BCUT2D eigenvalue weighted by molar-refractivity contribution is 5.77. The van der Waals surface area contributed by atoms with Gasteiger partial charge in [0.25, 0.3) is 0 Å². The average Bonchev–Trinajstić information content (AvgIpc) is 2.48. The van der Waals surface area contributed by atoms with Gasteiger partial charge in [-0.05, 0) is 24.1 Å². The summed E-state index contributed by atoms with van der Waals surface area (Å²) in [6, 6.07) is 11.2. The molecule has 1 aromatic rings. The summed E-state index contributed by atoms with van der Waals surface area (Å²) < 4.78 is 9.75. The van der Waals surface area contributed by atoms with E-state index in [-0.39, 0.29) is 5.92 Å². The lowest BCUT2D eigenvalue weighted by Crippen LogP contribution is -2.49. The minimum atomic E-state index is -1.35. The van der Waals surface area contributed by atoms with Crippen molar-refractivity contribution in [2.75, 3.05) is 14.2 Å². The molecule has 0 saturated heterocycles. The van der Waals surface area contributed by atoms with Crippen molar-refractivity contribution in [2.45, 2.75) is 12.3 Å². The molecular formula is C15H14N2O3. The third-order valence-corrected chi connectivity index (χ3v) is 3.94. The van der Waals surface area contributed by atoms with E-state index in [9.17, 15) is 15.3 Å². The minimum absolute atomic E-state index is 0.285. The molecule has 1 fully saturated rings. The number of nitriles is 2. The molecule has 102 valence electrons. The van der Waals surface area contributed by atoms with Gasteiger partial charge in [-0.1, -0.05) is 12.1 Å². The van der Waals surface area contributed by atoms with Gasteiger partial charge in [0.2, 0.25) is 0 Å². The molecule has 1 aromatic carbocycles. The second-order valence-electron chi connectivity index (χ2n) is 4.73. The van der Waals surface area contributed by atoms with Gasteiger partial charge in [-0.2, -0.15) is 10.5 Å². The monoisotopic (exact) mass is 270 g/mol. The van der Waals surface area contributed by atoms with Crippen LogP contribution in [0.4, 0.5) is 0 Å². The van der Waals surface area contributed by atoms with E-state index < -0.39 is 17.3 Å². The number of nitrogens with zero attached hydrogens (tertiary/aromatic N) is 2. The summed E-state index contributed by atoms with van der Waals surface area (Å²) in [5, 5.41) is 18.8. The predicted octanol–water partition coefficient (Wildman–Crippen LogP) is 2.01. The van der Waals surface area contributed by atoms with Crippen LogP contribution < -0.4 is 4.74 Å². The van der Waals surface area contributed by atoms with Gasteiger partial charge in [-0.25, -0.2) is 0 Å². The number of hydrogen-bond donors (Lipinski definition) is 0. The molecule has 5 heteroatoms. The van der Waals surface area contributed by atoms with Gasteiger partial charge in [0, 0.05) is 5.92 Å². The molecular weight excluding hydrogens is 256 g/mol. The highest BCUT2D eigenvalue weighted by Crippen LogP contribution is 2.57. The summed E-state index contributed by atoms with van der Waals surface area (Å²) in [4.78, 5) is 11.7. The molecule has 0 heterocycles. The van der Waals surface area contributed by atoms with Crippen LogP contribution in [0.2, 0.25) is 0 Å². The van der Waals surface area contributed by atoms with Crippen LogP contribution in [0.3, 0.4) is 0 Å². The van der Waals surface area contributed by atoms with Crippen molar-refractivity contribution in [2.24, 2.45) is 11.3 Å². The fourth-order valence-corrected chi connectivity index (χ4v) is 2.69. The van der Waals surface area contributed by atoms with Crippen molar-refractivity contribution in [3.8, 4) is 17.9 Å². The van der Waals surface area contributed by atoms with Gasteiger partial charge in [-0.15, -0.1) is 0 Å². The minimum Gasteiger partial charge on any atom is -0.497 e. The highest BCUT2D eigenvalue weighted by Gasteiger charge is 2.61. The molecule has 20 heavy (non-hydrogen) atoms. The van der Waals surface area contributed by atoms with Crippen LogP contribution in [-0.2, 0) is 9.53 Å². The second-order valence-corrected chi connectivity index (χ2v) is 4.73. The fourth-order valence-electron chi connectivity index (χ4n) is 2.69. The number of hydrogen-bond acceptors (Lipinski definition) is 5. The van der Waals surface area contributed by atoms with Gasteiger partial charge in [-0.3, -0.25) is 4.79 Å². The lowest BCUT2D eigenvalue weighted by molar-refractivity contribution is -0.153. The largest absolute Gasteiger partial charge is 0.497 e. The summed E-state index contributed by atoms with van der Waals surface area (Å²) in [5.41, 5.74) is -0.490. The van der Waals surface area contributed by atoms with E-state index in [1.54, 1.807) is 19.2 Å². The Balaban J connectivity index is 2.32. The molecule has 0 radical (unpaired) electrons. The van der Waals surface area contributed by atoms with Crippen LogP contribution in [0.15, 0.2) is 24.3 Å². The van der Waals surface area contributed by atoms with Crippen LogP contribution >= 0.6 is 0 Å². The average molecular weight is 270 g/mol. The number of carbonyl (C=O) groups is 1. The van der Waals surface area contributed by atoms with Crippen molar-refractivity contribution in [1.82, 2.24) is 0 Å². The number of rotatable bonds is 3. The zero-order valence-electron chi connectivity index (χ0n) is 11.3. The van der Waals surface area contributed by atoms with Crippen molar-refractivity contribution in [3.63, 3.8) is 0 Å². The summed E-state index contributed by atoms with van der Waals surface area (Å²) in [7, 11) is 2.84. The maximum Gasteiger partial charge on any atom is 0.311 e. The summed E-state index contributed by atoms with van der Waals surface area (Å²) in [5.74, 6) is -0.767. The fraction of sp³-hybridized carbons (Fsp3) is 0.400. The molecule has 5 nitrogen and oxygen atoms in total. The topological polar surface area (TPSA) is 83.1 Å². The lowest BCUT2D eigenvalue weighted by atomic mass is 9.52. The Labute approximate surface area is 117 Å². The summed E-state index contributed by atoms with van der Waals surface area (Å²) >= 11 is 0. The third kappa shape index (κ3) is 1.88. The molecule has 1 aliphatic carbocycles. The van der Waals surface area contributed by atoms with E-state index in [0.717, 1.165) is 5.56 Å². The predicted molar refractivity (Wildman–Crippen MR) is 69.5 cm³/mol. The molecule has 2 unspecified atom stereocenters. The van der Waals surface area contributed by atoms with Crippen molar-refractivity contribution in [1.29, 1.82) is 10.5 Å². The van der Waals surface area contributed by atoms with Gasteiger partial charge >= 0.3 is 5.97 Å². The van der Waals surface area contributed by atoms with Gasteiger partial charge < -0.3 is 9.47 Å². The second kappa shape index (κ2) is 5.22. The Morgan fingerprint density at radius 1 is 1.25 bits per heavy atom. The highest BCUT2D eigenvalue weighted by atomic mass is 16.5. The molecule has 0 aromatic heterocycles. The van der Waals surface area contributed by atoms with Crippen molar-refractivity contribution >= 4 is 5.97 Å². The maximum absolute atomic E-state index is 11.7. The number of carbonyl (C=O) groups excluding carboxylic acids is 1. The molecule has 1 aliphatic rings. The third-order valence-electron chi connectivity index (χ3n) is 3.94. The van der Waals surface area contributed by atoms with Crippen molar-refractivity contribution in [3.05, 3.63) is 29.8 Å². The van der Waals surface area contributed by atoms with E-state index in [2.05, 4.69) is 4.74 Å². The smallest absolute Gasteiger partial charge is 0.311 e. The van der Waals surface area contributed by atoms with Crippen LogP contribution in [0, 0.1) is 34.0 Å². The molecule has 0 N–H and O–H groups in total. The number of ether oxygens (including phenoxy) is 2. The first-order valence-electron chi connectivity index (χ1n) is 6.17. The van der Waals surface area contributed by atoms with Crippen molar-refractivity contribution < 1.29 is 14.3 Å². The van der Waals surface area contributed by atoms with Gasteiger partial charge in [0.15, 0.2) is 5.41 Å². The number of methoxy groups -OCH3 is 2. The first-order chi connectivity index (χ1) is 9.62. The first kappa shape index (κ1) is 13.9. The zero-order valence-corrected chi connectivity index (χ0v) is 11.3. The summed E-state index contributed by atoms with van der Waals surface area (Å²) in [6.07, 6.45) is 0.445. The molecule has 0 bridgehead atoms. The molecule has 2 atom stereocenters. The number of benzene rings is 1. The lowest BCUT2D eigenvalue weighted by Gasteiger charge is -2.45. The molecule has 0 aliphatic heterocycles. The van der Waals surface area contributed by atoms with E-state index >= 15 is 0 Å². The molecule has 1 saturated carbocycles. The normalized spacial score (nSPS) is 22.8. The van der Waals surface area contributed by atoms with Gasteiger partial charge in [0.1, 0.15) is 5.75 Å². The van der Waals surface area contributed by atoms with Crippen LogP contribution in [0.5, 0.6) is 5.75 Å². The molecule has 0 amide bonds. The molecule has 2 rings (SSSR count). The van der Waals surface area contributed by atoms with Gasteiger partial charge in [0.05, 0.1) is 32.3 Å². The van der Waals surface area contributed by atoms with Crippen LogP contribution in [0.25, 0.3) is 0 Å². The summed E-state index contributed by atoms with van der Waals surface area (Å²) in [6.45, 7) is 0. The molecule has 0 spiro atoms. The van der Waals surface area contributed by atoms with Crippen LogP contribution in [-0.4, -0.2) is 20.2 Å². The first-order valence-corrected chi connectivity index (χ1v) is 6.17. The van der Waals surface area contributed by atoms with E-state index in [0.29, 0.717) is 12.2 Å². The van der Waals surface area contributed by atoms with E-state index in [1.165, 1.54) is 7.11 Å². The quantitative estimate of drug-likeness (QED) is 0.784. The number of esters is 1. The Morgan fingerprint density at radius 3 is 2.30 bits per heavy atom. The maximum atomic E-state index is 11.7. The zero-order chi connectivity index (χ0) is 14.8.